The lowest BCUT2D eigenvalue weighted by molar-refractivity contribution is -0.159. The zero-order chi connectivity index (χ0) is 35.4. The molecule has 12 heteroatoms. The van der Waals surface area contributed by atoms with Crippen molar-refractivity contribution in [2.24, 2.45) is 5.73 Å². The quantitative estimate of drug-likeness (QED) is 0.204. The Kier molecular flexibility index (Phi) is 13.9. The summed E-state index contributed by atoms with van der Waals surface area (Å²) in [6.07, 6.45) is -0.612. The van der Waals surface area contributed by atoms with E-state index in [9.17, 15) is 29.2 Å². The van der Waals surface area contributed by atoms with Crippen LogP contribution in [0.5, 0.6) is 0 Å². The van der Waals surface area contributed by atoms with Crippen LogP contribution < -0.4 is 16.4 Å². The van der Waals surface area contributed by atoms with Crippen LogP contribution in [0.15, 0.2) is 54.6 Å². The molecule has 4 N–H and O–H groups in total. The number of amides is 4. The van der Waals surface area contributed by atoms with Crippen molar-refractivity contribution >= 4 is 29.8 Å². The molecule has 0 spiro atoms. The number of nitriles is 1. The summed E-state index contributed by atoms with van der Waals surface area (Å²) in [6.45, 7) is 11.5. The molecule has 0 radical (unpaired) electrons. The van der Waals surface area contributed by atoms with E-state index in [4.69, 9.17) is 15.2 Å². The fraction of sp³-hybridized carbons (Fsp3) is 0.486. The molecule has 0 aliphatic carbocycles. The summed E-state index contributed by atoms with van der Waals surface area (Å²) in [5.41, 5.74) is 5.69. The van der Waals surface area contributed by atoms with Crippen molar-refractivity contribution in [2.75, 3.05) is 6.54 Å². The number of primary amides is 1. The van der Waals surface area contributed by atoms with E-state index in [1.807, 2.05) is 31.2 Å². The molecule has 0 bridgehead atoms. The topological polar surface area (TPSA) is 181 Å². The van der Waals surface area contributed by atoms with Crippen LogP contribution in [0, 0.1) is 11.3 Å². The first-order valence-corrected chi connectivity index (χ1v) is 15.5. The van der Waals surface area contributed by atoms with Gasteiger partial charge in [-0.3, -0.25) is 14.4 Å². The van der Waals surface area contributed by atoms with E-state index < -0.39 is 65.7 Å². The zero-order valence-corrected chi connectivity index (χ0v) is 28.3. The third-order valence-corrected chi connectivity index (χ3v) is 6.75. The lowest BCUT2D eigenvalue weighted by Crippen LogP contribution is -2.55. The predicted molar refractivity (Wildman–Crippen MR) is 175 cm³/mol. The number of nitrogens with zero attached hydrogens (tertiary/aromatic N) is 2. The van der Waals surface area contributed by atoms with E-state index >= 15 is 0 Å². The van der Waals surface area contributed by atoms with Gasteiger partial charge in [-0.05, 0) is 71.1 Å². The molecule has 2 aromatic rings. The van der Waals surface area contributed by atoms with E-state index in [2.05, 4.69) is 10.6 Å². The average molecular weight is 650 g/mol. The van der Waals surface area contributed by atoms with Crippen molar-refractivity contribution in [3.63, 3.8) is 0 Å². The Labute approximate surface area is 277 Å². The number of ether oxygens (including phenoxy) is 2. The second-order valence-corrected chi connectivity index (χ2v) is 13.1. The lowest BCUT2D eigenvalue weighted by atomic mass is 9.98. The van der Waals surface area contributed by atoms with Crippen LogP contribution in [-0.2, 0) is 41.5 Å². The Balaban J connectivity index is 2.61. The van der Waals surface area contributed by atoms with Gasteiger partial charge in [0.05, 0.1) is 6.07 Å². The Morgan fingerprint density at radius 2 is 1.45 bits per heavy atom. The van der Waals surface area contributed by atoms with E-state index in [1.165, 1.54) is 0 Å². The fourth-order valence-electron chi connectivity index (χ4n) is 4.64. The number of hydrogen-bond acceptors (Lipinski definition) is 8. The smallest absolute Gasteiger partial charge is 0.408 e. The van der Waals surface area contributed by atoms with Gasteiger partial charge in [-0.2, -0.15) is 5.26 Å². The number of esters is 1. The van der Waals surface area contributed by atoms with Crippen LogP contribution in [0.1, 0.15) is 84.0 Å². The molecule has 0 saturated carbocycles. The van der Waals surface area contributed by atoms with Crippen LogP contribution in [-0.4, -0.2) is 64.5 Å². The van der Waals surface area contributed by atoms with Gasteiger partial charge in [-0.15, -0.1) is 0 Å². The van der Waals surface area contributed by atoms with Gasteiger partial charge < -0.3 is 30.7 Å². The highest BCUT2D eigenvalue weighted by atomic mass is 16.6. The normalized spacial score (nSPS) is 13.2. The zero-order valence-electron chi connectivity index (χ0n) is 28.3. The van der Waals surface area contributed by atoms with Crippen LogP contribution in [0.4, 0.5) is 4.79 Å². The molecule has 47 heavy (non-hydrogen) atoms. The van der Waals surface area contributed by atoms with Crippen molar-refractivity contribution < 1.29 is 33.4 Å². The third kappa shape index (κ3) is 13.1. The molecule has 12 nitrogen and oxygen atoms in total. The van der Waals surface area contributed by atoms with Crippen molar-refractivity contribution in [3.8, 4) is 6.07 Å². The lowest BCUT2D eigenvalue weighted by Gasteiger charge is -2.34. The summed E-state index contributed by atoms with van der Waals surface area (Å²) in [4.78, 5) is 67.3. The SMILES string of the molecule is CCc1ccc(C(C(=O)NC(Cc2ccccc2)C(=O)OC(C)(C)C)N(CC#N)C(=O)C(CCC(N)=O)NC(=O)OC(C)(C)C)cc1. The fourth-order valence-corrected chi connectivity index (χ4v) is 4.64. The van der Waals surface area contributed by atoms with Crippen LogP contribution in [0.2, 0.25) is 0 Å². The van der Waals surface area contributed by atoms with E-state index in [0.29, 0.717) is 12.0 Å². The molecule has 254 valence electrons. The first-order chi connectivity index (χ1) is 21.9. The minimum Gasteiger partial charge on any atom is -0.458 e. The highest BCUT2D eigenvalue weighted by Gasteiger charge is 2.38. The molecule has 0 aliphatic heterocycles. The molecular weight excluding hydrogens is 602 g/mol. The maximum absolute atomic E-state index is 14.3. The highest BCUT2D eigenvalue weighted by Crippen LogP contribution is 2.25. The summed E-state index contributed by atoms with van der Waals surface area (Å²) in [5.74, 6) is -2.98. The van der Waals surface area contributed by atoms with E-state index in [-0.39, 0.29) is 19.3 Å². The van der Waals surface area contributed by atoms with Gasteiger partial charge in [-0.1, -0.05) is 61.5 Å². The first-order valence-electron chi connectivity index (χ1n) is 15.5. The molecule has 0 aliphatic rings. The number of benzene rings is 2. The van der Waals surface area contributed by atoms with Crippen molar-refractivity contribution in [1.82, 2.24) is 15.5 Å². The number of rotatable bonds is 14. The maximum atomic E-state index is 14.3. The Bertz CT molecular complexity index is 1420. The molecule has 3 unspecified atom stereocenters. The molecule has 0 heterocycles. The molecule has 2 aromatic carbocycles. The molecule has 2 rings (SSSR count). The van der Waals surface area contributed by atoms with Crippen molar-refractivity contribution in [2.45, 2.75) is 103 Å². The summed E-state index contributed by atoms with van der Waals surface area (Å²) in [7, 11) is 0. The summed E-state index contributed by atoms with van der Waals surface area (Å²) < 4.78 is 11.0. The second-order valence-electron chi connectivity index (χ2n) is 13.1. The molecule has 0 fully saturated rings. The monoisotopic (exact) mass is 649 g/mol. The predicted octanol–water partition coefficient (Wildman–Crippen LogP) is 3.87. The van der Waals surface area contributed by atoms with Gasteiger partial charge >= 0.3 is 12.1 Å². The van der Waals surface area contributed by atoms with Crippen molar-refractivity contribution in [3.05, 3.63) is 71.3 Å². The van der Waals surface area contributed by atoms with E-state index in [1.54, 1.807) is 77.9 Å². The number of nitrogens with one attached hydrogen (secondary N) is 2. The number of aryl methyl sites for hydroxylation is 1. The third-order valence-electron chi connectivity index (χ3n) is 6.75. The number of carbonyl (C=O) groups excluding carboxylic acids is 5. The molecule has 3 atom stereocenters. The number of nitrogens with two attached hydrogens (primary N) is 1. The molecule has 4 amide bonds. The summed E-state index contributed by atoms with van der Waals surface area (Å²) >= 11 is 0. The largest absolute Gasteiger partial charge is 0.458 e. The Hall–Kier alpha value is -4.92. The maximum Gasteiger partial charge on any atom is 0.408 e. The molecule has 0 aromatic heterocycles. The van der Waals surface area contributed by atoms with Gasteiger partial charge in [-0.25, -0.2) is 9.59 Å². The minimum atomic E-state index is -1.41. The standard InChI is InChI=1S/C35H47N5O7/c1-8-23-14-16-25(17-15-23)29(30(42)38-27(32(44)46-34(2,3)4)22-24-12-10-9-11-13-24)40(21-20-36)31(43)26(18-19-28(37)41)39-33(45)47-35(5,6)7/h9-17,26-27,29H,8,18-19,21-22H2,1-7H3,(H2,37,41)(H,38,42)(H,39,45). The van der Waals surface area contributed by atoms with Gasteiger partial charge in [0.1, 0.15) is 35.9 Å². The first kappa shape index (κ1) is 38.3. The number of carbonyl (C=O) groups is 5. The summed E-state index contributed by atoms with van der Waals surface area (Å²) in [6, 6.07) is 14.0. The summed E-state index contributed by atoms with van der Waals surface area (Å²) in [5, 5.41) is 15.1. The molecule has 0 saturated heterocycles. The number of alkyl carbamates (subject to hydrolysis) is 1. The average Bonchev–Trinajstić information content (AvgIpc) is 2.97. The number of hydrogen-bond donors (Lipinski definition) is 3. The van der Waals surface area contributed by atoms with Crippen LogP contribution in [0.25, 0.3) is 0 Å². The molecular formula is C35H47N5O7. The highest BCUT2D eigenvalue weighted by molar-refractivity contribution is 5.94. The van der Waals surface area contributed by atoms with E-state index in [0.717, 1.165) is 16.0 Å². The van der Waals surface area contributed by atoms with Gasteiger partial charge in [0, 0.05) is 12.8 Å². The van der Waals surface area contributed by atoms with Gasteiger partial charge in [0.15, 0.2) is 0 Å². The minimum absolute atomic E-state index is 0.0939. The van der Waals surface area contributed by atoms with Crippen LogP contribution >= 0.6 is 0 Å². The van der Waals surface area contributed by atoms with Crippen LogP contribution in [0.3, 0.4) is 0 Å². The second kappa shape index (κ2) is 17.1. The van der Waals surface area contributed by atoms with Gasteiger partial charge in [0.2, 0.25) is 17.7 Å². The van der Waals surface area contributed by atoms with Crippen molar-refractivity contribution in [1.29, 1.82) is 5.26 Å². The Morgan fingerprint density at radius 3 is 1.96 bits per heavy atom. The van der Waals surface area contributed by atoms with Gasteiger partial charge in [0.25, 0.3) is 0 Å². The Morgan fingerprint density at radius 1 is 0.851 bits per heavy atom.